The molecule has 12 rings (SSSR count). The van der Waals surface area contributed by atoms with Gasteiger partial charge in [0.25, 0.3) is 0 Å². The molecular weight excluding hydrogens is 745 g/mol. The maximum absolute atomic E-state index is 6.32. The first kappa shape index (κ1) is 35.2. The molecule has 61 heavy (non-hydrogen) atoms. The van der Waals surface area contributed by atoms with E-state index in [9.17, 15) is 0 Å². The maximum atomic E-state index is 6.32. The second kappa shape index (κ2) is 13.6. The van der Waals surface area contributed by atoms with Crippen LogP contribution in [0.25, 0.3) is 45.2 Å². The number of fused-ring (bicyclic) bond motifs is 8. The number of anilines is 6. The van der Waals surface area contributed by atoms with Gasteiger partial charge < -0.3 is 19.3 Å². The molecule has 3 aliphatic rings. The molecule has 0 atom stereocenters. The van der Waals surface area contributed by atoms with Gasteiger partial charge in [0.1, 0.15) is 0 Å². The highest BCUT2D eigenvalue weighted by molar-refractivity contribution is 6.07. The molecule has 2 aliphatic heterocycles. The normalized spacial score (nSPS) is 14.0. The van der Waals surface area contributed by atoms with Crippen LogP contribution in [-0.2, 0) is 5.41 Å². The summed E-state index contributed by atoms with van der Waals surface area (Å²) in [4.78, 5) is 4.66. The van der Waals surface area contributed by atoms with Gasteiger partial charge in [0.2, 0.25) is 0 Å². The van der Waals surface area contributed by atoms with Gasteiger partial charge in [0.05, 0.1) is 28.4 Å². The highest BCUT2D eigenvalue weighted by Crippen LogP contribution is 2.55. The molecule has 4 nitrogen and oxygen atoms in total. The van der Waals surface area contributed by atoms with Gasteiger partial charge in [-0.25, -0.2) is 0 Å². The van der Waals surface area contributed by atoms with Gasteiger partial charge in [-0.3, -0.25) is 0 Å². The zero-order chi connectivity index (χ0) is 40.7. The zero-order valence-corrected chi connectivity index (χ0v) is 33.8. The molecule has 1 aliphatic carbocycles. The number of hydrogen-bond acceptors (Lipinski definition) is 4. The zero-order valence-electron chi connectivity index (χ0n) is 33.8. The molecule has 290 valence electrons. The Balaban J connectivity index is 0.832. The fraction of sp³-hybridized carbons (Fsp3) is 0.0526. The molecular formula is C57H40N2O2. The Morgan fingerprint density at radius 2 is 0.836 bits per heavy atom. The molecule has 0 N–H and O–H groups in total. The van der Waals surface area contributed by atoms with Crippen LogP contribution in [-0.4, -0.2) is 0 Å². The first-order valence-electron chi connectivity index (χ1n) is 20.9. The Hall–Kier alpha value is -7.82. The van der Waals surface area contributed by atoms with Crippen molar-refractivity contribution in [2.45, 2.75) is 19.3 Å². The molecule has 0 saturated carbocycles. The second-order valence-electron chi connectivity index (χ2n) is 16.5. The van der Waals surface area contributed by atoms with Gasteiger partial charge in [-0.1, -0.05) is 153 Å². The van der Waals surface area contributed by atoms with Gasteiger partial charge in [0, 0.05) is 16.5 Å². The summed E-state index contributed by atoms with van der Waals surface area (Å²) in [6, 6.07) is 69.1. The minimum absolute atomic E-state index is 0.176. The first-order chi connectivity index (χ1) is 30.0. The average molecular weight is 785 g/mol. The van der Waals surface area contributed by atoms with Crippen LogP contribution in [0.15, 0.2) is 194 Å². The lowest BCUT2D eigenvalue weighted by molar-refractivity contribution is 0.477. The molecule has 0 aromatic heterocycles. The lowest BCUT2D eigenvalue weighted by atomic mass is 9.81. The predicted octanol–water partition coefficient (Wildman–Crippen LogP) is 16.1. The fourth-order valence-corrected chi connectivity index (χ4v) is 9.63. The summed E-state index contributed by atoms with van der Waals surface area (Å²) in [5.41, 5.74) is 16.2. The van der Waals surface area contributed by atoms with E-state index >= 15 is 0 Å². The minimum Gasteiger partial charge on any atom is -0.453 e. The monoisotopic (exact) mass is 784 g/mol. The smallest absolute Gasteiger partial charge is 0.151 e. The van der Waals surface area contributed by atoms with Crippen molar-refractivity contribution in [1.29, 1.82) is 0 Å². The van der Waals surface area contributed by atoms with E-state index < -0.39 is 0 Å². The summed E-state index contributed by atoms with van der Waals surface area (Å²) in [6.45, 7) is 4.70. The number of hydrogen-bond donors (Lipinski definition) is 0. The standard InChI is InChI=1S/C57H40N2O2/c1-57(2)46-35-38(27-31-43(46)44-32-30-40(36-47(44)57)58-49-15-5-9-19-53(49)60-54-20-10-6-16-50(54)58)24-23-37-25-28-39(29-26-37)41-33-34-48(45-14-4-3-13-42(41)45)59-51-17-7-11-21-55(51)61-56-22-12-8-18-52(56)59/h3-36H,1-2H3. The molecule has 0 radical (unpaired) electrons. The van der Waals surface area contributed by atoms with E-state index in [1.54, 1.807) is 0 Å². The van der Waals surface area contributed by atoms with E-state index in [1.165, 1.54) is 49.7 Å². The third-order valence-electron chi connectivity index (χ3n) is 12.6. The Morgan fingerprint density at radius 1 is 0.377 bits per heavy atom. The van der Waals surface area contributed by atoms with Gasteiger partial charge in [-0.15, -0.1) is 0 Å². The minimum atomic E-state index is -0.176. The Labute approximate surface area is 355 Å². The summed E-state index contributed by atoms with van der Waals surface area (Å²) in [7, 11) is 0. The molecule has 0 fully saturated rings. The van der Waals surface area contributed by atoms with Crippen LogP contribution < -0.4 is 19.3 Å². The summed E-state index contributed by atoms with van der Waals surface area (Å²) in [5.74, 6) is 3.42. The summed E-state index contributed by atoms with van der Waals surface area (Å²) < 4.78 is 12.6. The predicted molar refractivity (Wildman–Crippen MR) is 252 cm³/mol. The van der Waals surface area contributed by atoms with Crippen LogP contribution in [0.5, 0.6) is 23.0 Å². The molecule has 0 unspecified atom stereocenters. The fourth-order valence-electron chi connectivity index (χ4n) is 9.63. The molecule has 0 amide bonds. The second-order valence-corrected chi connectivity index (χ2v) is 16.5. The van der Waals surface area contributed by atoms with Crippen molar-refractivity contribution < 1.29 is 9.47 Å². The van der Waals surface area contributed by atoms with Crippen molar-refractivity contribution in [3.63, 3.8) is 0 Å². The van der Waals surface area contributed by atoms with Crippen LogP contribution in [0.4, 0.5) is 34.1 Å². The van der Waals surface area contributed by atoms with Crippen molar-refractivity contribution in [3.8, 4) is 45.3 Å². The van der Waals surface area contributed by atoms with Crippen molar-refractivity contribution in [2.24, 2.45) is 0 Å². The summed E-state index contributed by atoms with van der Waals surface area (Å²) >= 11 is 0. The Morgan fingerprint density at radius 3 is 1.44 bits per heavy atom. The van der Waals surface area contributed by atoms with Gasteiger partial charge in [0.15, 0.2) is 23.0 Å². The maximum Gasteiger partial charge on any atom is 0.151 e. The number of para-hydroxylation sites is 8. The van der Waals surface area contributed by atoms with E-state index in [-0.39, 0.29) is 5.41 Å². The van der Waals surface area contributed by atoms with E-state index in [0.29, 0.717) is 0 Å². The van der Waals surface area contributed by atoms with Crippen molar-refractivity contribution in [1.82, 2.24) is 0 Å². The van der Waals surface area contributed by atoms with Crippen molar-refractivity contribution in [3.05, 3.63) is 216 Å². The van der Waals surface area contributed by atoms with Crippen LogP contribution in [0.2, 0.25) is 0 Å². The quantitative estimate of drug-likeness (QED) is 0.162. The first-order valence-corrected chi connectivity index (χ1v) is 20.9. The van der Waals surface area contributed by atoms with E-state index in [4.69, 9.17) is 9.47 Å². The summed E-state index contributed by atoms with van der Waals surface area (Å²) in [6.07, 6.45) is 4.46. The van der Waals surface area contributed by atoms with E-state index in [2.05, 4.69) is 181 Å². The third kappa shape index (κ3) is 5.60. The molecule has 0 bridgehead atoms. The SMILES string of the molecule is CC1(C)c2cc(C=Cc3ccc(-c4ccc(N5c6ccccc6Oc6ccccc65)c5ccccc45)cc3)ccc2-c2ccc(N3c4ccccc4Oc4ccccc43)cc21. The molecule has 4 heteroatoms. The van der Waals surface area contributed by atoms with Crippen molar-refractivity contribution in [2.75, 3.05) is 9.80 Å². The van der Waals surface area contributed by atoms with Crippen LogP contribution in [0.3, 0.4) is 0 Å². The third-order valence-corrected chi connectivity index (χ3v) is 12.6. The molecule has 9 aromatic carbocycles. The number of rotatable bonds is 5. The van der Waals surface area contributed by atoms with Gasteiger partial charge >= 0.3 is 0 Å². The Bertz CT molecular complexity index is 3160. The van der Waals surface area contributed by atoms with Crippen LogP contribution >= 0.6 is 0 Å². The summed E-state index contributed by atoms with van der Waals surface area (Å²) in [5, 5.41) is 2.39. The van der Waals surface area contributed by atoms with Crippen LogP contribution in [0.1, 0.15) is 36.1 Å². The topological polar surface area (TPSA) is 24.9 Å². The van der Waals surface area contributed by atoms with E-state index in [0.717, 1.165) is 62.7 Å². The molecule has 2 heterocycles. The largest absolute Gasteiger partial charge is 0.453 e. The highest BCUT2D eigenvalue weighted by Gasteiger charge is 2.37. The Kier molecular flexibility index (Phi) is 7.85. The molecule has 0 saturated heterocycles. The van der Waals surface area contributed by atoms with Crippen molar-refractivity contribution >= 4 is 57.0 Å². The number of ether oxygens (including phenoxy) is 2. The van der Waals surface area contributed by atoms with Crippen LogP contribution in [0, 0.1) is 0 Å². The lowest BCUT2D eigenvalue weighted by Gasteiger charge is -2.33. The number of nitrogens with zero attached hydrogens (tertiary/aromatic N) is 2. The molecule has 0 spiro atoms. The van der Waals surface area contributed by atoms with Gasteiger partial charge in [-0.05, 0) is 117 Å². The van der Waals surface area contributed by atoms with E-state index in [1.807, 2.05) is 48.5 Å². The number of benzene rings is 9. The molecule has 9 aromatic rings. The lowest BCUT2D eigenvalue weighted by Crippen LogP contribution is -2.18. The average Bonchev–Trinajstić information content (AvgIpc) is 3.53. The van der Waals surface area contributed by atoms with Gasteiger partial charge in [-0.2, -0.15) is 0 Å². The highest BCUT2D eigenvalue weighted by atomic mass is 16.5.